The van der Waals surface area contributed by atoms with Gasteiger partial charge in [-0.15, -0.1) is 0 Å². The van der Waals surface area contributed by atoms with E-state index in [9.17, 15) is 13.2 Å². The maximum Gasteiger partial charge on any atom is 0.254 e. The molecule has 0 aliphatic rings. The van der Waals surface area contributed by atoms with Crippen LogP contribution in [0.4, 0.5) is 0 Å². The van der Waals surface area contributed by atoms with Gasteiger partial charge in [-0.25, -0.2) is 8.42 Å². The molecular formula is C12H17N3O4S. The van der Waals surface area contributed by atoms with Gasteiger partial charge in [0.15, 0.2) is 15.7 Å². The van der Waals surface area contributed by atoms with Gasteiger partial charge in [0.2, 0.25) is 0 Å². The number of likely N-dealkylation sites (N-methyl/N-ethyl adjacent to an activating group) is 1. The van der Waals surface area contributed by atoms with Gasteiger partial charge >= 0.3 is 0 Å². The molecule has 110 valence electrons. The highest BCUT2D eigenvalue weighted by molar-refractivity contribution is 7.90. The number of carbonyl (C=O) groups is 1. The first-order valence-corrected chi connectivity index (χ1v) is 7.62. The largest absolute Gasteiger partial charge is 0.409 e. The van der Waals surface area contributed by atoms with Crippen molar-refractivity contribution >= 4 is 21.6 Å². The fourth-order valence-electron chi connectivity index (χ4n) is 1.52. The summed E-state index contributed by atoms with van der Waals surface area (Å²) in [6.45, 7) is 1.59. The van der Waals surface area contributed by atoms with Crippen LogP contribution in [0.25, 0.3) is 0 Å². The highest BCUT2D eigenvalue weighted by Gasteiger charge is 2.21. The first kappa shape index (κ1) is 16.0. The maximum absolute atomic E-state index is 12.2. The lowest BCUT2D eigenvalue weighted by Crippen LogP contribution is -2.43. The van der Waals surface area contributed by atoms with E-state index >= 15 is 0 Å². The number of amides is 1. The first-order valence-electron chi connectivity index (χ1n) is 5.73. The van der Waals surface area contributed by atoms with E-state index in [0.717, 1.165) is 6.26 Å². The number of hydrogen-bond donors (Lipinski definition) is 2. The maximum atomic E-state index is 12.2. The minimum absolute atomic E-state index is 0.0631. The van der Waals surface area contributed by atoms with Crippen LogP contribution < -0.4 is 5.73 Å². The topological polar surface area (TPSA) is 113 Å². The fourth-order valence-corrected chi connectivity index (χ4v) is 2.19. The Labute approximate surface area is 117 Å². The van der Waals surface area contributed by atoms with Crippen molar-refractivity contribution in [2.24, 2.45) is 10.9 Å². The molecule has 7 nitrogen and oxygen atoms in total. The molecule has 1 aromatic carbocycles. The molecule has 0 bridgehead atoms. The third-order valence-electron chi connectivity index (χ3n) is 2.95. The SMILES string of the molecule is CC(C(N)=NO)N(C)C(=O)c1cccc(S(C)(=O)=O)c1. The zero-order valence-corrected chi connectivity index (χ0v) is 12.3. The summed E-state index contributed by atoms with van der Waals surface area (Å²) in [4.78, 5) is 13.5. The highest BCUT2D eigenvalue weighted by atomic mass is 32.2. The van der Waals surface area contributed by atoms with Crippen molar-refractivity contribution in [1.29, 1.82) is 0 Å². The Morgan fingerprint density at radius 3 is 2.55 bits per heavy atom. The van der Waals surface area contributed by atoms with E-state index in [1.54, 1.807) is 6.92 Å². The minimum Gasteiger partial charge on any atom is -0.409 e. The molecule has 0 fully saturated rings. The second kappa shape index (κ2) is 5.91. The van der Waals surface area contributed by atoms with Gasteiger partial charge in [-0.1, -0.05) is 11.2 Å². The van der Waals surface area contributed by atoms with Gasteiger partial charge < -0.3 is 15.8 Å². The van der Waals surface area contributed by atoms with Crippen LogP contribution in [0.1, 0.15) is 17.3 Å². The number of oxime groups is 1. The van der Waals surface area contributed by atoms with Gasteiger partial charge in [0, 0.05) is 18.9 Å². The predicted octanol–water partition coefficient (Wildman–Crippen LogP) is 0.297. The van der Waals surface area contributed by atoms with E-state index in [0.29, 0.717) is 0 Å². The zero-order chi connectivity index (χ0) is 15.5. The standard InChI is InChI=1S/C12H17N3O4S/c1-8(11(13)14-17)15(2)12(16)9-5-4-6-10(7-9)20(3,18)19/h4-8,17H,1-3H3,(H2,13,14). The second-order valence-electron chi connectivity index (χ2n) is 4.42. The summed E-state index contributed by atoms with van der Waals surface area (Å²) in [5.74, 6) is -0.533. The van der Waals surface area contributed by atoms with E-state index in [-0.39, 0.29) is 16.3 Å². The van der Waals surface area contributed by atoms with Crippen molar-refractivity contribution in [2.45, 2.75) is 17.9 Å². The number of sulfone groups is 1. The highest BCUT2D eigenvalue weighted by Crippen LogP contribution is 2.13. The minimum atomic E-state index is -3.38. The van der Waals surface area contributed by atoms with Gasteiger partial charge in [0.25, 0.3) is 5.91 Å². The van der Waals surface area contributed by atoms with E-state index in [4.69, 9.17) is 10.9 Å². The number of nitrogens with zero attached hydrogens (tertiary/aromatic N) is 2. The summed E-state index contributed by atoms with van der Waals surface area (Å²) in [6, 6.07) is 5.10. The van der Waals surface area contributed by atoms with Crippen molar-refractivity contribution in [2.75, 3.05) is 13.3 Å². The van der Waals surface area contributed by atoms with Crippen LogP contribution in [-0.2, 0) is 9.84 Å². The van der Waals surface area contributed by atoms with Crippen LogP contribution in [0.5, 0.6) is 0 Å². The molecular weight excluding hydrogens is 282 g/mol. The average Bonchev–Trinajstić information content (AvgIpc) is 2.43. The molecule has 0 aliphatic carbocycles. The molecule has 0 saturated heterocycles. The monoisotopic (exact) mass is 299 g/mol. The Hall–Kier alpha value is -2.09. The molecule has 0 spiro atoms. The van der Waals surface area contributed by atoms with Gasteiger partial charge in [-0.3, -0.25) is 4.79 Å². The van der Waals surface area contributed by atoms with Gasteiger partial charge in [0.1, 0.15) is 0 Å². The molecule has 3 N–H and O–H groups in total. The number of nitrogens with two attached hydrogens (primary N) is 1. The summed E-state index contributed by atoms with van der Waals surface area (Å²) in [7, 11) is -1.90. The molecule has 20 heavy (non-hydrogen) atoms. The third kappa shape index (κ3) is 3.47. The molecule has 1 amide bonds. The van der Waals surface area contributed by atoms with Crippen LogP contribution in [0.15, 0.2) is 34.3 Å². The van der Waals surface area contributed by atoms with Crippen molar-refractivity contribution in [3.8, 4) is 0 Å². The number of hydrogen-bond acceptors (Lipinski definition) is 5. The quantitative estimate of drug-likeness (QED) is 0.359. The Bertz CT molecular complexity index is 640. The molecule has 0 heterocycles. The van der Waals surface area contributed by atoms with E-state index in [1.807, 2.05) is 0 Å². The summed E-state index contributed by atoms with van der Waals surface area (Å²) in [5.41, 5.74) is 5.66. The van der Waals surface area contributed by atoms with Gasteiger partial charge in [-0.05, 0) is 25.1 Å². The van der Waals surface area contributed by atoms with Crippen molar-refractivity contribution in [1.82, 2.24) is 4.90 Å². The number of rotatable bonds is 4. The fraction of sp³-hybridized carbons (Fsp3) is 0.333. The molecule has 1 unspecified atom stereocenters. The second-order valence-corrected chi connectivity index (χ2v) is 6.43. The number of benzene rings is 1. The van der Waals surface area contributed by atoms with Gasteiger partial charge in [0.05, 0.1) is 10.9 Å². The summed E-state index contributed by atoms with van der Waals surface area (Å²) >= 11 is 0. The van der Waals surface area contributed by atoms with Gasteiger partial charge in [-0.2, -0.15) is 0 Å². The lowest BCUT2D eigenvalue weighted by Gasteiger charge is -2.23. The van der Waals surface area contributed by atoms with Crippen LogP contribution >= 0.6 is 0 Å². The van der Waals surface area contributed by atoms with E-state index in [1.165, 1.54) is 36.2 Å². The van der Waals surface area contributed by atoms with E-state index in [2.05, 4.69) is 5.16 Å². The Morgan fingerprint density at radius 2 is 2.05 bits per heavy atom. The molecule has 0 saturated carbocycles. The molecule has 0 radical (unpaired) electrons. The van der Waals surface area contributed by atoms with Crippen LogP contribution in [0.2, 0.25) is 0 Å². The molecule has 0 aromatic heterocycles. The molecule has 0 aliphatic heterocycles. The van der Waals surface area contributed by atoms with Crippen LogP contribution in [0, 0.1) is 0 Å². The van der Waals surface area contributed by atoms with Crippen molar-refractivity contribution in [3.63, 3.8) is 0 Å². The number of carbonyl (C=O) groups excluding carboxylic acids is 1. The predicted molar refractivity (Wildman–Crippen MR) is 74.5 cm³/mol. The zero-order valence-electron chi connectivity index (χ0n) is 11.4. The summed E-state index contributed by atoms with van der Waals surface area (Å²) < 4.78 is 22.9. The summed E-state index contributed by atoms with van der Waals surface area (Å²) in [5, 5.41) is 11.4. The van der Waals surface area contributed by atoms with Crippen LogP contribution in [-0.4, -0.2) is 49.6 Å². The van der Waals surface area contributed by atoms with Crippen molar-refractivity contribution < 1.29 is 18.4 Å². The average molecular weight is 299 g/mol. The smallest absolute Gasteiger partial charge is 0.254 e. The summed E-state index contributed by atoms with van der Waals surface area (Å²) in [6.07, 6.45) is 1.07. The van der Waals surface area contributed by atoms with Crippen molar-refractivity contribution in [3.05, 3.63) is 29.8 Å². The molecule has 8 heteroatoms. The lowest BCUT2D eigenvalue weighted by molar-refractivity contribution is 0.0776. The number of amidine groups is 1. The Morgan fingerprint density at radius 1 is 1.45 bits per heavy atom. The first-order chi connectivity index (χ1) is 9.18. The lowest BCUT2D eigenvalue weighted by atomic mass is 10.1. The van der Waals surface area contributed by atoms with Crippen LogP contribution in [0.3, 0.4) is 0 Å². The molecule has 1 atom stereocenters. The molecule has 1 rings (SSSR count). The molecule has 1 aromatic rings. The van der Waals surface area contributed by atoms with E-state index < -0.39 is 21.8 Å². The Balaban J connectivity index is 3.10. The third-order valence-corrected chi connectivity index (χ3v) is 4.06. The Kier molecular flexibility index (Phi) is 4.72. The normalized spacial score (nSPS) is 13.8.